The number of fused-ring (bicyclic) bond motifs is 1. The lowest BCUT2D eigenvalue weighted by molar-refractivity contribution is -0.117. The van der Waals surface area contributed by atoms with Gasteiger partial charge in [-0.15, -0.1) is 0 Å². The highest BCUT2D eigenvalue weighted by Crippen LogP contribution is 2.18. The average Bonchev–Trinajstić information content (AvgIpc) is 2.59. The van der Waals surface area contributed by atoms with Crippen LogP contribution in [-0.4, -0.2) is 48.4 Å². The number of benzene rings is 1. The standard InChI is InChI=1S/C18H24N4O2/c1-20-10-15(6-8-19)18(24)21-11-17(23)13-22-9-7-14-4-2-3-5-16(14)12-22/h2-6,8,10,17,23H,1,7,9,11-13,19H2,(H,21,24)/b8-6-,15-10+/t17-/m0/s1. The third kappa shape index (κ3) is 5.04. The van der Waals surface area contributed by atoms with E-state index in [1.54, 1.807) is 0 Å². The summed E-state index contributed by atoms with van der Waals surface area (Å²) < 4.78 is 0. The SMILES string of the molecule is C=N/C=C(\C=C/N)C(=O)NC[C@H](O)CN1CCc2ccccc2C1. The van der Waals surface area contributed by atoms with Crippen molar-refractivity contribution in [1.82, 2.24) is 10.2 Å². The third-order valence-corrected chi connectivity index (χ3v) is 3.95. The Morgan fingerprint density at radius 2 is 2.21 bits per heavy atom. The lowest BCUT2D eigenvalue weighted by Gasteiger charge is -2.30. The molecule has 0 spiro atoms. The minimum absolute atomic E-state index is 0.171. The second-order valence-corrected chi connectivity index (χ2v) is 5.74. The lowest BCUT2D eigenvalue weighted by Crippen LogP contribution is -2.42. The molecular weight excluding hydrogens is 304 g/mol. The van der Waals surface area contributed by atoms with Crippen LogP contribution >= 0.6 is 0 Å². The van der Waals surface area contributed by atoms with E-state index in [1.807, 2.05) is 6.07 Å². The number of nitrogens with two attached hydrogens (primary N) is 1. The number of aliphatic hydroxyl groups excluding tert-OH is 1. The van der Waals surface area contributed by atoms with Gasteiger partial charge in [-0.1, -0.05) is 24.3 Å². The van der Waals surface area contributed by atoms with E-state index in [-0.39, 0.29) is 12.5 Å². The molecule has 0 saturated carbocycles. The maximum absolute atomic E-state index is 12.0. The summed E-state index contributed by atoms with van der Waals surface area (Å²) in [5, 5.41) is 12.9. The molecule has 1 heterocycles. The molecule has 6 nitrogen and oxygen atoms in total. The molecule has 6 heteroatoms. The van der Waals surface area contributed by atoms with Gasteiger partial charge in [0.2, 0.25) is 0 Å². The first kappa shape index (κ1) is 17.9. The number of aliphatic hydroxyl groups is 1. The summed E-state index contributed by atoms with van der Waals surface area (Å²) in [5.41, 5.74) is 8.27. The summed E-state index contributed by atoms with van der Waals surface area (Å²) in [5.74, 6) is -0.341. The summed E-state index contributed by atoms with van der Waals surface area (Å²) in [4.78, 5) is 17.7. The van der Waals surface area contributed by atoms with Gasteiger partial charge in [0.1, 0.15) is 0 Å². The molecule has 24 heavy (non-hydrogen) atoms. The van der Waals surface area contributed by atoms with E-state index in [2.05, 4.69) is 40.1 Å². The fourth-order valence-electron chi connectivity index (χ4n) is 2.76. The van der Waals surface area contributed by atoms with Crippen LogP contribution in [0, 0.1) is 0 Å². The van der Waals surface area contributed by atoms with Crippen molar-refractivity contribution in [2.24, 2.45) is 10.7 Å². The van der Waals surface area contributed by atoms with Crippen molar-refractivity contribution in [2.45, 2.75) is 19.1 Å². The third-order valence-electron chi connectivity index (χ3n) is 3.95. The number of nitrogens with zero attached hydrogens (tertiary/aromatic N) is 2. The van der Waals surface area contributed by atoms with Crippen molar-refractivity contribution in [2.75, 3.05) is 19.6 Å². The zero-order valence-corrected chi connectivity index (χ0v) is 13.7. The normalized spacial score (nSPS) is 16.6. The maximum Gasteiger partial charge on any atom is 0.252 e. The Balaban J connectivity index is 1.81. The number of aliphatic imine (C=N–C) groups is 1. The van der Waals surface area contributed by atoms with E-state index in [0.29, 0.717) is 12.1 Å². The number of nitrogens with one attached hydrogen (secondary N) is 1. The molecule has 0 saturated heterocycles. The number of hydrogen-bond donors (Lipinski definition) is 3. The molecule has 0 fully saturated rings. The molecule has 0 radical (unpaired) electrons. The van der Waals surface area contributed by atoms with E-state index < -0.39 is 6.10 Å². The Morgan fingerprint density at radius 1 is 1.46 bits per heavy atom. The van der Waals surface area contributed by atoms with Crippen LogP contribution in [0.4, 0.5) is 0 Å². The molecule has 128 valence electrons. The second-order valence-electron chi connectivity index (χ2n) is 5.74. The Morgan fingerprint density at radius 3 is 2.92 bits per heavy atom. The highest BCUT2D eigenvalue weighted by atomic mass is 16.3. The Labute approximate surface area is 142 Å². The van der Waals surface area contributed by atoms with Gasteiger partial charge >= 0.3 is 0 Å². The number of carbonyl (C=O) groups excluding carboxylic acids is 1. The van der Waals surface area contributed by atoms with E-state index >= 15 is 0 Å². The monoisotopic (exact) mass is 328 g/mol. The quantitative estimate of drug-likeness (QED) is 0.388. The highest BCUT2D eigenvalue weighted by molar-refractivity contribution is 5.96. The van der Waals surface area contributed by atoms with E-state index in [4.69, 9.17) is 5.73 Å². The molecule has 1 amide bonds. The summed E-state index contributed by atoms with van der Waals surface area (Å²) in [7, 11) is 0. The highest BCUT2D eigenvalue weighted by Gasteiger charge is 2.19. The van der Waals surface area contributed by atoms with Gasteiger partial charge in [-0.25, -0.2) is 0 Å². The van der Waals surface area contributed by atoms with Gasteiger partial charge in [0.15, 0.2) is 0 Å². The number of amides is 1. The van der Waals surface area contributed by atoms with Crippen LogP contribution in [-0.2, 0) is 17.8 Å². The smallest absolute Gasteiger partial charge is 0.252 e. The predicted molar refractivity (Wildman–Crippen MR) is 95.4 cm³/mol. The number of hydrogen-bond acceptors (Lipinski definition) is 5. The molecule has 1 aromatic rings. The molecule has 4 N–H and O–H groups in total. The molecule has 2 rings (SSSR count). The van der Waals surface area contributed by atoms with Crippen molar-refractivity contribution in [3.05, 3.63) is 59.4 Å². The minimum Gasteiger partial charge on any atom is -0.405 e. The van der Waals surface area contributed by atoms with Gasteiger partial charge in [-0.05, 0) is 36.5 Å². The molecule has 0 unspecified atom stereocenters. The number of β-amino-alcohol motifs (C(OH)–C–C–N with tert-alkyl or cyclic N) is 1. The molecule has 1 aliphatic rings. The van der Waals surface area contributed by atoms with Crippen LogP contribution in [0.15, 0.2) is 53.3 Å². The summed E-state index contributed by atoms with van der Waals surface area (Å²) in [6, 6.07) is 8.35. The van der Waals surface area contributed by atoms with Crippen molar-refractivity contribution in [1.29, 1.82) is 0 Å². The summed E-state index contributed by atoms with van der Waals surface area (Å²) >= 11 is 0. The lowest BCUT2D eigenvalue weighted by atomic mass is 10.00. The predicted octanol–water partition coefficient (Wildman–Crippen LogP) is 0.579. The van der Waals surface area contributed by atoms with Gasteiger partial charge in [-0.3, -0.25) is 14.7 Å². The summed E-state index contributed by atoms with van der Waals surface area (Å²) in [6.07, 6.45) is 4.37. The number of rotatable bonds is 7. The maximum atomic E-state index is 12.0. The minimum atomic E-state index is -0.640. The average molecular weight is 328 g/mol. The molecule has 0 bridgehead atoms. The Kier molecular flexibility index (Phi) is 6.72. The molecule has 1 atom stereocenters. The molecule has 1 aromatic carbocycles. The van der Waals surface area contributed by atoms with Gasteiger partial charge in [-0.2, -0.15) is 0 Å². The van der Waals surface area contributed by atoms with Gasteiger partial charge in [0, 0.05) is 32.4 Å². The topological polar surface area (TPSA) is 90.9 Å². The molecule has 0 aromatic heterocycles. The molecule has 1 aliphatic heterocycles. The van der Waals surface area contributed by atoms with Crippen molar-refractivity contribution >= 4 is 12.6 Å². The van der Waals surface area contributed by atoms with Gasteiger partial charge < -0.3 is 16.2 Å². The second kappa shape index (κ2) is 9.00. The first-order valence-electron chi connectivity index (χ1n) is 7.93. The van der Waals surface area contributed by atoms with E-state index in [0.717, 1.165) is 19.5 Å². The molecule has 0 aliphatic carbocycles. The van der Waals surface area contributed by atoms with Gasteiger partial charge in [0.25, 0.3) is 5.91 Å². The Bertz CT molecular complexity index is 640. The Hall–Kier alpha value is -2.44. The van der Waals surface area contributed by atoms with E-state index in [1.165, 1.54) is 29.6 Å². The zero-order chi connectivity index (χ0) is 17.4. The number of carbonyl (C=O) groups is 1. The van der Waals surface area contributed by atoms with E-state index in [9.17, 15) is 9.90 Å². The zero-order valence-electron chi connectivity index (χ0n) is 13.7. The fraction of sp³-hybridized carbons (Fsp3) is 0.333. The van der Waals surface area contributed by atoms with Crippen LogP contribution in [0.5, 0.6) is 0 Å². The molecular formula is C18H24N4O2. The van der Waals surface area contributed by atoms with Gasteiger partial charge in [0.05, 0.1) is 11.7 Å². The van der Waals surface area contributed by atoms with Crippen LogP contribution in [0.25, 0.3) is 0 Å². The van der Waals surface area contributed by atoms with Crippen LogP contribution in [0.2, 0.25) is 0 Å². The van der Waals surface area contributed by atoms with Crippen molar-refractivity contribution in [3.63, 3.8) is 0 Å². The van der Waals surface area contributed by atoms with Crippen LogP contribution in [0.1, 0.15) is 11.1 Å². The van der Waals surface area contributed by atoms with Crippen LogP contribution < -0.4 is 11.1 Å². The largest absolute Gasteiger partial charge is 0.405 e. The van der Waals surface area contributed by atoms with Crippen molar-refractivity contribution in [3.8, 4) is 0 Å². The van der Waals surface area contributed by atoms with Crippen LogP contribution in [0.3, 0.4) is 0 Å². The van der Waals surface area contributed by atoms with Crippen molar-refractivity contribution < 1.29 is 9.90 Å². The fourth-order valence-corrected chi connectivity index (χ4v) is 2.76. The first-order valence-corrected chi connectivity index (χ1v) is 7.93. The first-order chi connectivity index (χ1) is 11.6. The summed E-state index contributed by atoms with van der Waals surface area (Å²) in [6.45, 7) is 5.73.